The van der Waals surface area contributed by atoms with Crippen LogP contribution in [0.1, 0.15) is 12.8 Å². The Bertz CT molecular complexity index is 128. The molecular formula is C7H10O. The Hall–Kier alpha value is -0.300. The van der Waals surface area contributed by atoms with Gasteiger partial charge in [-0.2, -0.15) is 0 Å². The maximum absolute atomic E-state index is 5.36. The van der Waals surface area contributed by atoms with E-state index >= 15 is 0 Å². The Kier molecular flexibility index (Phi) is 0.770. The molecule has 2 atom stereocenters. The number of ether oxygens (including phenoxy) is 1. The van der Waals surface area contributed by atoms with Crippen LogP contribution in [0.25, 0.3) is 0 Å². The molecular weight excluding hydrogens is 100 g/mol. The van der Waals surface area contributed by atoms with Crippen molar-refractivity contribution < 1.29 is 4.74 Å². The van der Waals surface area contributed by atoms with Crippen LogP contribution in [0.15, 0.2) is 12.2 Å². The maximum Gasteiger partial charge on any atom is 0.0648 e. The Morgan fingerprint density at radius 1 is 1.62 bits per heavy atom. The van der Waals surface area contributed by atoms with E-state index in [1.165, 1.54) is 12.0 Å². The van der Waals surface area contributed by atoms with Crippen LogP contribution < -0.4 is 0 Å². The zero-order valence-corrected chi connectivity index (χ0v) is 4.89. The fourth-order valence-electron chi connectivity index (χ4n) is 1.31. The molecule has 1 heterocycles. The molecule has 0 N–H and O–H groups in total. The molecule has 1 saturated heterocycles. The van der Waals surface area contributed by atoms with Gasteiger partial charge < -0.3 is 4.74 Å². The zero-order chi connectivity index (χ0) is 5.56. The van der Waals surface area contributed by atoms with Crippen LogP contribution in [-0.4, -0.2) is 12.7 Å². The standard InChI is InChI=1S/C7H10O/c1-5-2-3-8-7-4-6(5)7/h6-7H,1-4H2. The average molecular weight is 110 g/mol. The lowest BCUT2D eigenvalue weighted by Crippen LogP contribution is -2.07. The lowest BCUT2D eigenvalue weighted by Gasteiger charge is -2.11. The highest BCUT2D eigenvalue weighted by Gasteiger charge is 2.42. The van der Waals surface area contributed by atoms with Crippen molar-refractivity contribution >= 4 is 0 Å². The summed E-state index contributed by atoms with van der Waals surface area (Å²) in [7, 11) is 0. The van der Waals surface area contributed by atoms with Crippen molar-refractivity contribution in [2.75, 3.05) is 6.61 Å². The molecule has 0 aromatic rings. The van der Waals surface area contributed by atoms with Gasteiger partial charge in [0.15, 0.2) is 0 Å². The first kappa shape index (κ1) is 4.57. The van der Waals surface area contributed by atoms with E-state index in [4.69, 9.17) is 4.74 Å². The third-order valence-corrected chi connectivity index (χ3v) is 2.01. The molecule has 1 saturated carbocycles. The first-order valence-electron chi connectivity index (χ1n) is 3.17. The normalized spacial score (nSPS) is 43.8. The van der Waals surface area contributed by atoms with Gasteiger partial charge in [-0.25, -0.2) is 0 Å². The van der Waals surface area contributed by atoms with Crippen LogP contribution in [-0.2, 0) is 4.74 Å². The molecule has 0 amide bonds. The Morgan fingerprint density at radius 3 is 3.12 bits per heavy atom. The van der Waals surface area contributed by atoms with Gasteiger partial charge in [-0.05, 0) is 12.8 Å². The van der Waals surface area contributed by atoms with Crippen LogP contribution in [0.4, 0.5) is 0 Å². The van der Waals surface area contributed by atoms with Gasteiger partial charge in [0.1, 0.15) is 0 Å². The largest absolute Gasteiger partial charge is 0.377 e. The summed E-state index contributed by atoms with van der Waals surface area (Å²) >= 11 is 0. The van der Waals surface area contributed by atoms with Gasteiger partial charge in [-0.3, -0.25) is 0 Å². The van der Waals surface area contributed by atoms with E-state index in [9.17, 15) is 0 Å². The molecule has 2 aliphatic rings. The van der Waals surface area contributed by atoms with Crippen molar-refractivity contribution in [3.63, 3.8) is 0 Å². The molecule has 1 aliphatic carbocycles. The van der Waals surface area contributed by atoms with Gasteiger partial charge >= 0.3 is 0 Å². The van der Waals surface area contributed by atoms with Crippen molar-refractivity contribution in [1.82, 2.24) is 0 Å². The minimum Gasteiger partial charge on any atom is -0.377 e. The molecule has 2 rings (SSSR count). The minimum absolute atomic E-state index is 0.580. The third kappa shape index (κ3) is 0.511. The molecule has 8 heavy (non-hydrogen) atoms. The van der Waals surface area contributed by atoms with Crippen LogP contribution in [0.3, 0.4) is 0 Å². The Labute approximate surface area is 49.3 Å². The van der Waals surface area contributed by atoms with E-state index in [2.05, 4.69) is 6.58 Å². The summed E-state index contributed by atoms with van der Waals surface area (Å²) in [5.74, 6) is 0.753. The predicted molar refractivity (Wildman–Crippen MR) is 31.6 cm³/mol. The fourth-order valence-corrected chi connectivity index (χ4v) is 1.31. The predicted octanol–water partition coefficient (Wildman–Crippen LogP) is 1.35. The second-order valence-corrected chi connectivity index (χ2v) is 2.66. The van der Waals surface area contributed by atoms with E-state index in [1.54, 1.807) is 0 Å². The lowest BCUT2D eigenvalue weighted by atomic mass is 10.1. The van der Waals surface area contributed by atoms with Crippen molar-refractivity contribution in [2.45, 2.75) is 18.9 Å². The molecule has 0 radical (unpaired) electrons. The SMILES string of the molecule is C=C1CCOC2CC12. The van der Waals surface area contributed by atoms with E-state index in [-0.39, 0.29) is 0 Å². The smallest absolute Gasteiger partial charge is 0.0648 e. The summed E-state index contributed by atoms with van der Waals surface area (Å²) in [6, 6.07) is 0. The van der Waals surface area contributed by atoms with Gasteiger partial charge in [0.25, 0.3) is 0 Å². The molecule has 1 heteroatoms. The lowest BCUT2D eigenvalue weighted by molar-refractivity contribution is 0.0983. The monoisotopic (exact) mass is 110 g/mol. The Balaban J connectivity index is 2.08. The highest BCUT2D eigenvalue weighted by molar-refractivity contribution is 5.15. The third-order valence-electron chi connectivity index (χ3n) is 2.01. The fraction of sp³-hybridized carbons (Fsp3) is 0.714. The van der Waals surface area contributed by atoms with Crippen LogP contribution in [0.2, 0.25) is 0 Å². The summed E-state index contributed by atoms with van der Waals surface area (Å²) in [6.45, 7) is 4.87. The molecule has 1 nitrogen and oxygen atoms in total. The van der Waals surface area contributed by atoms with Crippen molar-refractivity contribution in [3.8, 4) is 0 Å². The van der Waals surface area contributed by atoms with E-state index in [0.29, 0.717) is 6.10 Å². The van der Waals surface area contributed by atoms with Gasteiger partial charge in [-0.15, -0.1) is 0 Å². The van der Waals surface area contributed by atoms with Crippen LogP contribution in [0, 0.1) is 5.92 Å². The van der Waals surface area contributed by atoms with E-state index < -0.39 is 0 Å². The molecule has 0 aromatic carbocycles. The molecule has 2 unspecified atom stereocenters. The molecule has 0 bridgehead atoms. The number of rotatable bonds is 0. The summed E-state index contributed by atoms with van der Waals surface area (Å²) in [5, 5.41) is 0. The maximum atomic E-state index is 5.36. The number of hydrogen-bond donors (Lipinski definition) is 0. The van der Waals surface area contributed by atoms with Gasteiger partial charge in [0.05, 0.1) is 12.7 Å². The molecule has 44 valence electrons. The van der Waals surface area contributed by atoms with E-state index in [0.717, 1.165) is 18.9 Å². The minimum atomic E-state index is 0.580. The summed E-state index contributed by atoms with van der Waals surface area (Å²) in [4.78, 5) is 0. The number of hydrogen-bond acceptors (Lipinski definition) is 1. The Morgan fingerprint density at radius 2 is 2.50 bits per heavy atom. The second kappa shape index (κ2) is 1.35. The summed E-state index contributed by atoms with van der Waals surface area (Å²) in [5.41, 5.74) is 1.42. The molecule has 2 fully saturated rings. The highest BCUT2D eigenvalue weighted by Crippen LogP contribution is 2.43. The molecule has 0 spiro atoms. The van der Waals surface area contributed by atoms with Crippen LogP contribution >= 0.6 is 0 Å². The van der Waals surface area contributed by atoms with Gasteiger partial charge in [-0.1, -0.05) is 12.2 Å². The van der Waals surface area contributed by atoms with Crippen LogP contribution in [0.5, 0.6) is 0 Å². The average Bonchev–Trinajstić information content (AvgIpc) is 2.45. The summed E-state index contributed by atoms with van der Waals surface area (Å²) in [6.07, 6.45) is 2.93. The van der Waals surface area contributed by atoms with Crippen molar-refractivity contribution in [1.29, 1.82) is 0 Å². The number of fused-ring (bicyclic) bond motifs is 1. The van der Waals surface area contributed by atoms with Crippen molar-refractivity contribution in [3.05, 3.63) is 12.2 Å². The second-order valence-electron chi connectivity index (χ2n) is 2.66. The molecule has 1 aliphatic heterocycles. The topological polar surface area (TPSA) is 9.23 Å². The first-order valence-corrected chi connectivity index (χ1v) is 3.17. The zero-order valence-electron chi connectivity index (χ0n) is 4.89. The highest BCUT2D eigenvalue weighted by atomic mass is 16.5. The first-order chi connectivity index (χ1) is 3.88. The van der Waals surface area contributed by atoms with Gasteiger partial charge in [0, 0.05) is 5.92 Å². The molecule has 0 aromatic heterocycles. The van der Waals surface area contributed by atoms with Crippen molar-refractivity contribution in [2.24, 2.45) is 5.92 Å². The van der Waals surface area contributed by atoms with Gasteiger partial charge in [0.2, 0.25) is 0 Å². The summed E-state index contributed by atoms with van der Waals surface area (Å²) < 4.78 is 5.36. The van der Waals surface area contributed by atoms with E-state index in [1.807, 2.05) is 0 Å². The quantitative estimate of drug-likeness (QED) is 0.428.